The first-order valence-corrected chi connectivity index (χ1v) is 18.6. The van der Waals surface area contributed by atoms with Crippen LogP contribution in [0.2, 0.25) is 0 Å². The van der Waals surface area contributed by atoms with Gasteiger partial charge in [0.1, 0.15) is 0 Å². The van der Waals surface area contributed by atoms with Crippen LogP contribution in [0.4, 0.5) is 9.59 Å². The van der Waals surface area contributed by atoms with Crippen LogP contribution in [0, 0.1) is 11.3 Å². The molecule has 1 aliphatic carbocycles. The Morgan fingerprint density at radius 3 is 2.56 bits per heavy atom. The Kier molecular flexibility index (Phi) is 11.1. The monoisotopic (exact) mass is 717 g/mol. The van der Waals surface area contributed by atoms with Crippen LogP contribution >= 0.6 is 0 Å². The number of alkyl carbamates (subject to hydrolysis) is 1. The number of sulfonamides is 1. The van der Waals surface area contributed by atoms with Crippen molar-refractivity contribution in [2.75, 3.05) is 39.7 Å². The second-order valence-electron chi connectivity index (χ2n) is 14.2. The molecule has 2 aromatic rings. The summed E-state index contributed by atoms with van der Waals surface area (Å²) in [5.41, 5.74) is 0.159. The molecule has 2 aromatic carbocycles. The predicted octanol–water partition coefficient (Wildman–Crippen LogP) is 3.81. The third kappa shape index (κ3) is 8.62. The van der Waals surface area contributed by atoms with Crippen molar-refractivity contribution in [3.8, 4) is 11.5 Å². The van der Waals surface area contributed by atoms with Gasteiger partial charge in [-0.3, -0.25) is 4.90 Å². The van der Waals surface area contributed by atoms with Gasteiger partial charge in [0.2, 0.25) is 16.8 Å². The molecule has 6 rings (SSSR count). The predicted molar refractivity (Wildman–Crippen MR) is 179 cm³/mol. The average molecular weight is 718 g/mol. The maximum Gasteiger partial charge on any atom is 0.407 e. The van der Waals surface area contributed by atoms with E-state index in [0.29, 0.717) is 37.4 Å². The van der Waals surface area contributed by atoms with Crippen molar-refractivity contribution in [3.63, 3.8) is 0 Å². The number of carbonyl (C=O) groups is 2. The van der Waals surface area contributed by atoms with Gasteiger partial charge in [-0.2, -0.15) is 4.31 Å². The highest BCUT2D eigenvalue weighted by atomic mass is 32.2. The molecule has 0 bridgehead atoms. The number of amides is 2. The van der Waals surface area contributed by atoms with Gasteiger partial charge < -0.3 is 39.2 Å². The molecule has 3 N–H and O–H groups in total. The largest absolute Gasteiger partial charge is 0.465 e. The number of nitrogens with one attached hydrogen (secondary N) is 1. The Morgan fingerprint density at radius 2 is 1.82 bits per heavy atom. The first-order valence-electron chi connectivity index (χ1n) is 17.2. The number of carbonyl (C=O) groups excluding carboxylic acids is 1. The first-order chi connectivity index (χ1) is 23.9. The van der Waals surface area contributed by atoms with E-state index in [9.17, 15) is 28.2 Å². The minimum atomic E-state index is -4.26. The molecule has 0 spiro atoms. The van der Waals surface area contributed by atoms with E-state index >= 15 is 0 Å². The molecule has 0 aromatic heterocycles. The summed E-state index contributed by atoms with van der Waals surface area (Å²) < 4.78 is 57.8. The topological polar surface area (TPSA) is 173 Å². The van der Waals surface area contributed by atoms with Gasteiger partial charge in [-0.15, -0.1) is 0 Å². The summed E-state index contributed by atoms with van der Waals surface area (Å²) >= 11 is 0. The van der Waals surface area contributed by atoms with E-state index < -0.39 is 52.1 Å². The SMILES string of the molecule is CC(C)(CCCOC(=O)NC1CC1)CN(C[C@@H](O)[C@H](Cc1ccccc1)N(C(=O)O)[C@H]1CO[C@H]2OCC[C@H]21)S(=O)(=O)c1ccc2c(c1)OCO2. The Labute approximate surface area is 292 Å². The maximum absolute atomic E-state index is 14.4. The molecule has 15 heteroatoms. The molecular weight excluding hydrogens is 670 g/mol. The number of aliphatic hydroxyl groups is 1. The lowest BCUT2D eigenvalue weighted by atomic mass is 9.87. The van der Waals surface area contributed by atoms with Crippen LogP contribution in [0.15, 0.2) is 53.4 Å². The Morgan fingerprint density at radius 1 is 1.06 bits per heavy atom. The van der Waals surface area contributed by atoms with Crippen LogP contribution in [0.3, 0.4) is 0 Å². The Bertz CT molecular complexity index is 1600. The lowest BCUT2D eigenvalue weighted by molar-refractivity contribution is -0.0906. The highest BCUT2D eigenvalue weighted by Gasteiger charge is 2.49. The molecule has 0 radical (unpaired) electrons. The van der Waals surface area contributed by atoms with Gasteiger partial charge >= 0.3 is 12.2 Å². The molecule has 50 heavy (non-hydrogen) atoms. The summed E-state index contributed by atoms with van der Waals surface area (Å²) in [4.78, 5) is 26.2. The fourth-order valence-corrected chi connectivity index (χ4v) is 8.67. The summed E-state index contributed by atoms with van der Waals surface area (Å²) in [6, 6.07) is 12.2. The van der Waals surface area contributed by atoms with E-state index in [0.717, 1.165) is 18.4 Å². The Hall–Kier alpha value is -3.63. The molecule has 1 saturated carbocycles. The number of benzene rings is 2. The second-order valence-corrected chi connectivity index (χ2v) is 16.2. The first kappa shape index (κ1) is 36.2. The number of rotatable bonds is 16. The Balaban J connectivity index is 1.26. The van der Waals surface area contributed by atoms with Gasteiger partial charge in [-0.05, 0) is 61.6 Å². The van der Waals surface area contributed by atoms with Gasteiger partial charge in [-0.1, -0.05) is 44.2 Å². The summed E-state index contributed by atoms with van der Waals surface area (Å²) in [5, 5.41) is 25.5. The van der Waals surface area contributed by atoms with Gasteiger partial charge in [-0.25, -0.2) is 18.0 Å². The van der Waals surface area contributed by atoms with Crippen molar-refractivity contribution in [2.45, 2.75) is 87.8 Å². The van der Waals surface area contributed by atoms with Gasteiger partial charge in [0.25, 0.3) is 0 Å². The molecule has 14 nitrogen and oxygen atoms in total. The third-order valence-corrected chi connectivity index (χ3v) is 11.6. The van der Waals surface area contributed by atoms with Crippen LogP contribution < -0.4 is 14.8 Å². The quantitative estimate of drug-likeness (QED) is 0.216. The van der Waals surface area contributed by atoms with Gasteiger partial charge in [0, 0.05) is 31.1 Å². The lowest BCUT2D eigenvalue weighted by Crippen LogP contribution is -2.58. The number of hydrogen-bond donors (Lipinski definition) is 3. The number of nitrogens with zero attached hydrogens (tertiary/aromatic N) is 2. The van der Waals surface area contributed by atoms with Crippen molar-refractivity contribution in [2.24, 2.45) is 11.3 Å². The molecule has 4 aliphatic rings. The van der Waals surface area contributed by atoms with E-state index in [1.807, 2.05) is 44.2 Å². The van der Waals surface area contributed by atoms with E-state index in [1.54, 1.807) is 0 Å². The zero-order valence-corrected chi connectivity index (χ0v) is 29.3. The number of hydrogen-bond acceptors (Lipinski definition) is 10. The highest BCUT2D eigenvalue weighted by molar-refractivity contribution is 7.89. The zero-order chi connectivity index (χ0) is 35.5. The van der Waals surface area contributed by atoms with E-state index in [1.165, 1.54) is 27.4 Å². The van der Waals surface area contributed by atoms with E-state index in [-0.39, 0.29) is 56.4 Å². The molecule has 3 heterocycles. The van der Waals surface area contributed by atoms with Crippen LogP contribution in [0.5, 0.6) is 11.5 Å². The third-order valence-electron chi connectivity index (χ3n) is 9.78. The van der Waals surface area contributed by atoms with Crippen molar-refractivity contribution in [1.82, 2.24) is 14.5 Å². The average Bonchev–Trinajstić information content (AvgIpc) is 3.42. The lowest BCUT2D eigenvalue weighted by Gasteiger charge is -2.40. The molecule has 3 fully saturated rings. The standard InChI is InChI=1S/C35H47N3O11S/c1-35(2,14-6-15-46-33(40)36-24-9-10-24)21-37(50(43,44)25-11-12-30-31(18-25)49-22-48-30)19-29(39)27(17-23-7-4-3-5-8-23)38(34(41)42)28-20-47-32-26(28)13-16-45-32/h3-5,7-8,11-12,18,24,26-29,32,39H,6,9-10,13-17,19-22H2,1-2H3,(H,36,40)(H,41,42)/t26-,27-,28-,29+,32+/m0/s1. The summed E-state index contributed by atoms with van der Waals surface area (Å²) in [5.74, 6) is 0.508. The molecule has 274 valence electrons. The highest BCUT2D eigenvalue weighted by Crippen LogP contribution is 2.38. The van der Waals surface area contributed by atoms with Crippen molar-refractivity contribution in [3.05, 3.63) is 54.1 Å². The molecule has 0 unspecified atom stereocenters. The van der Waals surface area contributed by atoms with Crippen LogP contribution in [-0.2, 0) is 30.7 Å². The summed E-state index contributed by atoms with van der Waals surface area (Å²) in [6.45, 7) is 4.11. The molecule has 2 amide bonds. The van der Waals surface area contributed by atoms with E-state index in [2.05, 4.69) is 5.32 Å². The van der Waals surface area contributed by atoms with Crippen LogP contribution in [0.25, 0.3) is 0 Å². The summed E-state index contributed by atoms with van der Waals surface area (Å²) in [7, 11) is -4.26. The number of ether oxygens (including phenoxy) is 5. The number of aliphatic hydroxyl groups excluding tert-OH is 1. The molecular formula is C35H47N3O11S. The van der Waals surface area contributed by atoms with Crippen LogP contribution in [-0.4, -0.2) is 110 Å². The van der Waals surface area contributed by atoms with Gasteiger partial charge in [0.15, 0.2) is 17.8 Å². The van der Waals surface area contributed by atoms with Gasteiger partial charge in [0.05, 0.1) is 42.9 Å². The van der Waals surface area contributed by atoms with Crippen molar-refractivity contribution in [1.29, 1.82) is 0 Å². The van der Waals surface area contributed by atoms with E-state index in [4.69, 9.17) is 23.7 Å². The molecule has 3 aliphatic heterocycles. The molecule has 5 atom stereocenters. The number of carboxylic acid groups (broad SMARTS) is 1. The zero-order valence-electron chi connectivity index (χ0n) is 28.4. The number of fused-ring (bicyclic) bond motifs is 2. The fraction of sp³-hybridized carbons (Fsp3) is 0.600. The maximum atomic E-state index is 14.4. The minimum absolute atomic E-state index is 0.00862. The fourth-order valence-electron chi connectivity index (χ4n) is 7.01. The smallest absolute Gasteiger partial charge is 0.407 e. The minimum Gasteiger partial charge on any atom is -0.465 e. The van der Waals surface area contributed by atoms with Crippen LogP contribution in [0.1, 0.15) is 51.5 Å². The summed E-state index contributed by atoms with van der Waals surface area (Å²) in [6.07, 6.45) is -0.0121. The second kappa shape index (κ2) is 15.3. The molecule has 2 saturated heterocycles. The van der Waals surface area contributed by atoms with Crippen molar-refractivity contribution >= 4 is 22.2 Å². The normalized spacial score (nSPS) is 22.6. The van der Waals surface area contributed by atoms with Crippen molar-refractivity contribution < 1.29 is 51.9 Å².